The molecule has 0 bridgehead atoms. The molecule has 0 saturated carbocycles. The fourth-order valence-electron chi connectivity index (χ4n) is 2.13. The summed E-state index contributed by atoms with van der Waals surface area (Å²) in [7, 11) is 1.90. The van der Waals surface area contributed by atoms with Crippen LogP contribution in [-0.4, -0.2) is 39.5 Å². The number of carbonyl (C=O) groups excluding carboxylic acids is 1. The molecule has 0 radical (unpaired) electrons. The van der Waals surface area contributed by atoms with Gasteiger partial charge in [0.05, 0.1) is 6.54 Å². The minimum absolute atomic E-state index is 0.0701. The predicted molar refractivity (Wildman–Crippen MR) is 80.8 cm³/mol. The number of amides is 1. The number of aromatic nitrogens is 3. The Bertz CT molecular complexity index is 599. The van der Waals surface area contributed by atoms with Crippen LogP contribution in [0.2, 0.25) is 0 Å². The molecule has 0 aliphatic heterocycles. The third-order valence-electron chi connectivity index (χ3n) is 3.20. The van der Waals surface area contributed by atoms with Crippen molar-refractivity contribution in [3.8, 4) is 0 Å². The largest absolute Gasteiger partial charge is 0.343 e. The summed E-state index contributed by atoms with van der Waals surface area (Å²) in [6.45, 7) is 4.70. The zero-order chi connectivity index (χ0) is 15.9. The Hall–Kier alpha value is -2.28. The molecular formula is C15H21N5O2. The molecule has 0 spiro atoms. The number of pyridine rings is 1. The van der Waals surface area contributed by atoms with E-state index in [2.05, 4.69) is 20.4 Å². The average Bonchev–Trinajstić information content (AvgIpc) is 2.92. The maximum Gasteiger partial charge on any atom is 0.249 e. The van der Waals surface area contributed by atoms with Crippen molar-refractivity contribution in [3.63, 3.8) is 0 Å². The number of hydrogen-bond acceptors (Lipinski definition) is 6. The van der Waals surface area contributed by atoms with E-state index >= 15 is 0 Å². The SMILES string of the molecule is CCC(NC(=O)CN(C)Cc1ccncc1)c1nc(C)no1. The van der Waals surface area contributed by atoms with Gasteiger partial charge in [-0.3, -0.25) is 14.7 Å². The molecule has 0 aliphatic carbocycles. The first-order valence-electron chi connectivity index (χ1n) is 7.25. The Morgan fingerprint density at radius 2 is 2.14 bits per heavy atom. The van der Waals surface area contributed by atoms with Gasteiger partial charge in [-0.25, -0.2) is 0 Å². The van der Waals surface area contributed by atoms with E-state index in [1.165, 1.54) is 0 Å². The van der Waals surface area contributed by atoms with Crippen molar-refractivity contribution in [1.82, 2.24) is 25.3 Å². The molecule has 2 rings (SSSR count). The normalized spacial score (nSPS) is 12.4. The summed E-state index contributed by atoms with van der Waals surface area (Å²) in [4.78, 5) is 22.2. The highest BCUT2D eigenvalue weighted by Crippen LogP contribution is 2.14. The van der Waals surface area contributed by atoms with Gasteiger partial charge in [0.15, 0.2) is 5.82 Å². The Labute approximate surface area is 129 Å². The van der Waals surface area contributed by atoms with Crippen LogP contribution in [0.15, 0.2) is 29.0 Å². The van der Waals surface area contributed by atoms with Crippen LogP contribution in [-0.2, 0) is 11.3 Å². The molecule has 1 atom stereocenters. The summed E-state index contributed by atoms with van der Waals surface area (Å²) in [5, 5.41) is 6.68. The molecule has 1 unspecified atom stereocenters. The summed E-state index contributed by atoms with van der Waals surface area (Å²) in [5.41, 5.74) is 1.12. The van der Waals surface area contributed by atoms with Gasteiger partial charge in [0, 0.05) is 18.9 Å². The van der Waals surface area contributed by atoms with Crippen molar-refractivity contribution >= 4 is 5.91 Å². The van der Waals surface area contributed by atoms with Crippen molar-refractivity contribution in [2.75, 3.05) is 13.6 Å². The number of rotatable bonds is 7. The Kier molecular flexibility index (Phi) is 5.60. The molecular weight excluding hydrogens is 282 g/mol. The highest BCUT2D eigenvalue weighted by molar-refractivity contribution is 5.78. The fraction of sp³-hybridized carbons (Fsp3) is 0.467. The van der Waals surface area contributed by atoms with Crippen LogP contribution in [0.4, 0.5) is 0 Å². The van der Waals surface area contributed by atoms with Gasteiger partial charge in [-0.05, 0) is 38.1 Å². The quantitative estimate of drug-likeness (QED) is 0.834. The number of nitrogens with zero attached hydrogens (tertiary/aromatic N) is 4. The van der Waals surface area contributed by atoms with Crippen LogP contribution in [0.5, 0.6) is 0 Å². The molecule has 0 aliphatic rings. The third-order valence-corrected chi connectivity index (χ3v) is 3.20. The van der Waals surface area contributed by atoms with E-state index in [1.807, 2.05) is 31.0 Å². The Morgan fingerprint density at radius 3 is 2.73 bits per heavy atom. The average molecular weight is 303 g/mol. The summed E-state index contributed by atoms with van der Waals surface area (Å²) < 4.78 is 5.12. The van der Waals surface area contributed by atoms with Crippen molar-refractivity contribution < 1.29 is 9.32 Å². The molecule has 7 heteroatoms. The van der Waals surface area contributed by atoms with E-state index in [1.54, 1.807) is 19.3 Å². The van der Waals surface area contributed by atoms with Crippen LogP contribution < -0.4 is 5.32 Å². The number of hydrogen-bond donors (Lipinski definition) is 1. The second-order valence-corrected chi connectivity index (χ2v) is 5.24. The second kappa shape index (κ2) is 7.65. The van der Waals surface area contributed by atoms with E-state index in [9.17, 15) is 4.79 Å². The molecule has 1 N–H and O–H groups in total. The maximum absolute atomic E-state index is 12.1. The van der Waals surface area contributed by atoms with Gasteiger partial charge >= 0.3 is 0 Å². The Morgan fingerprint density at radius 1 is 1.41 bits per heavy atom. The molecule has 0 saturated heterocycles. The van der Waals surface area contributed by atoms with Gasteiger partial charge in [-0.1, -0.05) is 12.1 Å². The lowest BCUT2D eigenvalue weighted by atomic mass is 10.2. The van der Waals surface area contributed by atoms with Gasteiger partial charge < -0.3 is 9.84 Å². The minimum atomic E-state index is -0.247. The molecule has 7 nitrogen and oxygen atoms in total. The van der Waals surface area contributed by atoms with Gasteiger partial charge in [0.1, 0.15) is 6.04 Å². The number of aryl methyl sites for hydroxylation is 1. The van der Waals surface area contributed by atoms with E-state index in [0.717, 1.165) is 5.56 Å². The highest BCUT2D eigenvalue weighted by Gasteiger charge is 2.19. The number of carbonyl (C=O) groups is 1. The Balaban J connectivity index is 1.86. The zero-order valence-corrected chi connectivity index (χ0v) is 13.1. The first kappa shape index (κ1) is 16.1. The topological polar surface area (TPSA) is 84.2 Å². The van der Waals surface area contributed by atoms with Crippen LogP contribution in [0, 0.1) is 6.92 Å². The zero-order valence-electron chi connectivity index (χ0n) is 13.1. The highest BCUT2D eigenvalue weighted by atomic mass is 16.5. The lowest BCUT2D eigenvalue weighted by Gasteiger charge is -2.18. The van der Waals surface area contributed by atoms with Crippen molar-refractivity contribution in [2.45, 2.75) is 32.9 Å². The molecule has 1 amide bonds. The van der Waals surface area contributed by atoms with Crippen LogP contribution >= 0.6 is 0 Å². The smallest absolute Gasteiger partial charge is 0.249 e. The minimum Gasteiger partial charge on any atom is -0.343 e. The lowest BCUT2D eigenvalue weighted by molar-refractivity contribution is -0.123. The summed E-state index contributed by atoms with van der Waals surface area (Å²) in [5.74, 6) is 0.946. The van der Waals surface area contributed by atoms with Gasteiger partial charge in [-0.15, -0.1) is 0 Å². The van der Waals surface area contributed by atoms with E-state index < -0.39 is 0 Å². The summed E-state index contributed by atoms with van der Waals surface area (Å²) >= 11 is 0. The number of nitrogens with one attached hydrogen (secondary N) is 1. The molecule has 2 aromatic rings. The van der Waals surface area contributed by atoms with Crippen LogP contribution in [0.25, 0.3) is 0 Å². The first-order valence-corrected chi connectivity index (χ1v) is 7.25. The first-order chi connectivity index (χ1) is 10.6. The predicted octanol–water partition coefficient (Wildman–Crippen LogP) is 1.47. The maximum atomic E-state index is 12.1. The van der Waals surface area contributed by atoms with Crippen molar-refractivity contribution in [3.05, 3.63) is 41.8 Å². The molecule has 22 heavy (non-hydrogen) atoms. The van der Waals surface area contributed by atoms with Crippen molar-refractivity contribution in [1.29, 1.82) is 0 Å². The molecule has 0 fully saturated rings. The van der Waals surface area contributed by atoms with Gasteiger partial charge in [-0.2, -0.15) is 4.98 Å². The summed E-state index contributed by atoms with van der Waals surface area (Å²) in [6.07, 6.45) is 4.18. The monoisotopic (exact) mass is 303 g/mol. The van der Waals surface area contributed by atoms with E-state index in [-0.39, 0.29) is 11.9 Å². The standard InChI is InChI=1S/C15H21N5O2/c1-4-13(15-17-11(2)19-22-15)18-14(21)10-20(3)9-12-5-7-16-8-6-12/h5-8,13H,4,9-10H2,1-3H3,(H,18,21). The second-order valence-electron chi connectivity index (χ2n) is 5.24. The fourth-order valence-corrected chi connectivity index (χ4v) is 2.13. The van der Waals surface area contributed by atoms with E-state index in [0.29, 0.717) is 31.2 Å². The third kappa shape index (κ3) is 4.63. The van der Waals surface area contributed by atoms with E-state index in [4.69, 9.17) is 4.52 Å². The molecule has 0 aromatic carbocycles. The van der Waals surface area contributed by atoms with Crippen LogP contribution in [0.3, 0.4) is 0 Å². The lowest BCUT2D eigenvalue weighted by Crippen LogP contribution is -2.37. The summed E-state index contributed by atoms with van der Waals surface area (Å²) in [6, 6.07) is 3.62. The number of likely N-dealkylation sites (N-methyl/N-ethyl adjacent to an activating group) is 1. The van der Waals surface area contributed by atoms with Gasteiger partial charge in [0.2, 0.25) is 11.8 Å². The molecule has 118 valence electrons. The molecule has 2 heterocycles. The molecule has 2 aromatic heterocycles. The van der Waals surface area contributed by atoms with Gasteiger partial charge in [0.25, 0.3) is 0 Å². The van der Waals surface area contributed by atoms with Crippen molar-refractivity contribution in [2.24, 2.45) is 0 Å². The van der Waals surface area contributed by atoms with Crippen LogP contribution in [0.1, 0.15) is 36.7 Å².